The van der Waals surface area contributed by atoms with Crippen LogP contribution < -0.4 is 5.32 Å². The molecule has 98 valence electrons. The zero-order chi connectivity index (χ0) is 13.4. The topological polar surface area (TPSA) is 55.1 Å². The molecule has 8 heteroatoms. The highest BCUT2D eigenvalue weighted by atomic mass is 79.9. The van der Waals surface area contributed by atoms with Gasteiger partial charge in [0.25, 0.3) is 5.78 Å². The SMILES string of the molecule is Cc1c(Cl)nc2ncnn2c1NCc1sccc1Br. The van der Waals surface area contributed by atoms with Crippen molar-refractivity contribution >= 4 is 50.5 Å². The molecule has 0 fully saturated rings. The average Bonchev–Trinajstić information content (AvgIpc) is 2.99. The van der Waals surface area contributed by atoms with Gasteiger partial charge in [0.1, 0.15) is 17.3 Å². The van der Waals surface area contributed by atoms with Crippen LogP contribution in [0.4, 0.5) is 5.82 Å². The van der Waals surface area contributed by atoms with E-state index in [4.69, 9.17) is 11.6 Å². The standard InChI is InChI=1S/C11H9BrClN5S/c1-6-9(13)17-11-15-5-16-18(11)10(6)14-4-8-7(12)2-3-19-8/h2-3,5,14H,4H2,1H3. The molecule has 0 spiro atoms. The molecule has 0 aliphatic rings. The first-order chi connectivity index (χ1) is 9.16. The van der Waals surface area contributed by atoms with Gasteiger partial charge in [-0.05, 0) is 34.3 Å². The molecule has 3 aromatic heterocycles. The van der Waals surface area contributed by atoms with Crippen molar-refractivity contribution in [1.29, 1.82) is 0 Å². The van der Waals surface area contributed by atoms with Crippen molar-refractivity contribution in [2.45, 2.75) is 13.5 Å². The van der Waals surface area contributed by atoms with Crippen molar-refractivity contribution < 1.29 is 0 Å². The van der Waals surface area contributed by atoms with Gasteiger partial charge in [-0.2, -0.15) is 19.6 Å². The number of thiophene rings is 1. The maximum atomic E-state index is 6.10. The number of halogens is 2. The smallest absolute Gasteiger partial charge is 0.255 e. The summed E-state index contributed by atoms with van der Waals surface area (Å²) in [5, 5.41) is 9.98. The predicted molar refractivity (Wildman–Crippen MR) is 79.9 cm³/mol. The molecule has 1 N–H and O–H groups in total. The molecule has 0 aliphatic heterocycles. The van der Waals surface area contributed by atoms with E-state index in [1.807, 2.05) is 18.4 Å². The zero-order valence-corrected chi connectivity index (χ0v) is 13.1. The number of hydrogen-bond donors (Lipinski definition) is 1. The lowest BCUT2D eigenvalue weighted by Gasteiger charge is -2.11. The van der Waals surface area contributed by atoms with Crippen LogP contribution in [0, 0.1) is 6.92 Å². The van der Waals surface area contributed by atoms with Crippen LogP contribution in [0.15, 0.2) is 22.2 Å². The van der Waals surface area contributed by atoms with Gasteiger partial charge in [0.2, 0.25) is 0 Å². The van der Waals surface area contributed by atoms with E-state index in [0.29, 0.717) is 17.5 Å². The third-order valence-electron chi connectivity index (χ3n) is 2.71. The van der Waals surface area contributed by atoms with Crippen LogP contribution in [0.5, 0.6) is 0 Å². The minimum atomic E-state index is 0.438. The Balaban J connectivity index is 1.98. The molecule has 0 aliphatic carbocycles. The second-order valence-electron chi connectivity index (χ2n) is 3.89. The Morgan fingerprint density at radius 1 is 1.53 bits per heavy atom. The van der Waals surface area contributed by atoms with E-state index in [2.05, 4.69) is 36.3 Å². The van der Waals surface area contributed by atoms with Gasteiger partial charge in [-0.3, -0.25) is 0 Å². The lowest BCUT2D eigenvalue weighted by molar-refractivity contribution is 0.916. The van der Waals surface area contributed by atoms with Gasteiger partial charge in [-0.15, -0.1) is 11.3 Å². The molecule has 3 aromatic rings. The summed E-state index contributed by atoms with van der Waals surface area (Å²) in [6, 6.07) is 2.03. The Morgan fingerprint density at radius 3 is 3.11 bits per heavy atom. The van der Waals surface area contributed by atoms with Crippen molar-refractivity contribution in [3.8, 4) is 0 Å². The van der Waals surface area contributed by atoms with E-state index in [1.54, 1.807) is 15.9 Å². The van der Waals surface area contributed by atoms with E-state index in [-0.39, 0.29) is 0 Å². The average molecular weight is 359 g/mol. The molecule has 0 saturated carbocycles. The monoisotopic (exact) mass is 357 g/mol. The van der Waals surface area contributed by atoms with Gasteiger partial charge < -0.3 is 5.32 Å². The maximum absolute atomic E-state index is 6.10. The highest BCUT2D eigenvalue weighted by Crippen LogP contribution is 2.26. The van der Waals surface area contributed by atoms with Crippen LogP contribution in [-0.4, -0.2) is 19.6 Å². The quantitative estimate of drug-likeness (QED) is 0.728. The van der Waals surface area contributed by atoms with Crippen LogP contribution in [0.1, 0.15) is 10.4 Å². The summed E-state index contributed by atoms with van der Waals surface area (Å²) in [6.07, 6.45) is 1.46. The Morgan fingerprint density at radius 2 is 2.37 bits per heavy atom. The van der Waals surface area contributed by atoms with Crippen molar-refractivity contribution in [2.24, 2.45) is 0 Å². The third-order valence-corrected chi connectivity index (χ3v) is 5.01. The summed E-state index contributed by atoms with van der Waals surface area (Å²) in [5.74, 6) is 1.30. The Labute approximate surface area is 126 Å². The summed E-state index contributed by atoms with van der Waals surface area (Å²) < 4.78 is 2.75. The molecule has 0 aromatic carbocycles. The highest BCUT2D eigenvalue weighted by Gasteiger charge is 2.12. The Hall–Kier alpha value is -1.18. The second-order valence-corrected chi connectivity index (χ2v) is 6.11. The fraction of sp³-hybridized carbons (Fsp3) is 0.182. The summed E-state index contributed by atoms with van der Waals surface area (Å²) >= 11 is 11.3. The van der Waals surface area contributed by atoms with E-state index in [1.165, 1.54) is 11.2 Å². The molecular formula is C11H9BrClN5S. The molecule has 0 bridgehead atoms. The van der Waals surface area contributed by atoms with Gasteiger partial charge >= 0.3 is 0 Å². The molecule has 0 radical (unpaired) electrons. The van der Waals surface area contributed by atoms with Crippen molar-refractivity contribution in [3.63, 3.8) is 0 Å². The van der Waals surface area contributed by atoms with Crippen molar-refractivity contribution in [2.75, 3.05) is 5.32 Å². The fourth-order valence-electron chi connectivity index (χ4n) is 1.72. The third kappa shape index (κ3) is 2.33. The first kappa shape index (κ1) is 12.8. The molecule has 0 unspecified atom stereocenters. The lowest BCUT2D eigenvalue weighted by atomic mass is 10.3. The van der Waals surface area contributed by atoms with Gasteiger partial charge in [0, 0.05) is 14.9 Å². The summed E-state index contributed by atoms with van der Waals surface area (Å²) in [7, 11) is 0. The highest BCUT2D eigenvalue weighted by molar-refractivity contribution is 9.10. The minimum absolute atomic E-state index is 0.438. The van der Waals surface area contributed by atoms with Gasteiger partial charge in [-0.1, -0.05) is 11.6 Å². The number of rotatable bonds is 3. The summed E-state index contributed by atoms with van der Waals surface area (Å²) in [5.41, 5.74) is 0.854. The van der Waals surface area contributed by atoms with Gasteiger partial charge in [0.05, 0.1) is 6.54 Å². The largest absolute Gasteiger partial charge is 0.365 e. The predicted octanol–water partition coefficient (Wildman–Crippen LogP) is 3.52. The Bertz CT molecular complexity index is 738. The summed E-state index contributed by atoms with van der Waals surface area (Å²) in [4.78, 5) is 9.43. The molecule has 0 saturated heterocycles. The molecule has 3 rings (SSSR count). The summed E-state index contributed by atoms with van der Waals surface area (Å²) in [6.45, 7) is 2.59. The maximum Gasteiger partial charge on any atom is 0.255 e. The molecule has 0 atom stereocenters. The molecule has 5 nitrogen and oxygen atoms in total. The first-order valence-corrected chi connectivity index (χ1v) is 7.53. The van der Waals surface area contributed by atoms with Crippen LogP contribution in [0.3, 0.4) is 0 Å². The normalized spacial score (nSPS) is 11.1. The number of aromatic nitrogens is 4. The number of hydrogen-bond acceptors (Lipinski definition) is 5. The molecule has 19 heavy (non-hydrogen) atoms. The van der Waals surface area contributed by atoms with Crippen LogP contribution in [-0.2, 0) is 6.54 Å². The van der Waals surface area contributed by atoms with Gasteiger partial charge in [0.15, 0.2) is 0 Å². The first-order valence-electron chi connectivity index (χ1n) is 5.48. The number of nitrogens with one attached hydrogen (secondary N) is 1. The second kappa shape index (κ2) is 5.07. The van der Waals surface area contributed by atoms with Crippen LogP contribution >= 0.6 is 38.9 Å². The van der Waals surface area contributed by atoms with Crippen LogP contribution in [0.25, 0.3) is 5.78 Å². The van der Waals surface area contributed by atoms with E-state index < -0.39 is 0 Å². The molecule has 0 amide bonds. The number of anilines is 1. The van der Waals surface area contributed by atoms with Crippen molar-refractivity contribution in [1.82, 2.24) is 19.6 Å². The van der Waals surface area contributed by atoms with E-state index in [0.717, 1.165) is 15.9 Å². The minimum Gasteiger partial charge on any atom is -0.365 e. The molecular weight excluding hydrogens is 350 g/mol. The zero-order valence-electron chi connectivity index (χ0n) is 9.89. The Kier molecular flexibility index (Phi) is 3.42. The fourth-order valence-corrected chi connectivity index (χ4v) is 3.32. The van der Waals surface area contributed by atoms with Crippen LogP contribution in [0.2, 0.25) is 5.15 Å². The van der Waals surface area contributed by atoms with E-state index in [9.17, 15) is 0 Å². The number of nitrogens with zero attached hydrogens (tertiary/aromatic N) is 4. The van der Waals surface area contributed by atoms with Gasteiger partial charge in [-0.25, -0.2) is 0 Å². The van der Waals surface area contributed by atoms with Crippen molar-refractivity contribution in [3.05, 3.63) is 37.8 Å². The van der Waals surface area contributed by atoms with E-state index >= 15 is 0 Å². The molecule has 3 heterocycles. The lowest BCUT2D eigenvalue weighted by Crippen LogP contribution is -2.08. The number of fused-ring (bicyclic) bond motifs is 1.